The van der Waals surface area contributed by atoms with E-state index < -0.39 is 0 Å². The Morgan fingerprint density at radius 1 is 1.23 bits per heavy atom. The first kappa shape index (κ1) is 17.1. The summed E-state index contributed by atoms with van der Waals surface area (Å²) < 4.78 is 5.70. The van der Waals surface area contributed by atoms with Gasteiger partial charge in [-0.25, -0.2) is 4.98 Å². The summed E-state index contributed by atoms with van der Waals surface area (Å²) in [5.41, 5.74) is 5.41. The van der Waals surface area contributed by atoms with Gasteiger partial charge in [0.25, 0.3) is 5.91 Å². The van der Waals surface area contributed by atoms with Crippen LogP contribution in [-0.4, -0.2) is 17.4 Å². The molecule has 0 saturated heterocycles. The zero-order chi connectivity index (χ0) is 17.9. The number of anilines is 1. The van der Waals surface area contributed by atoms with Crippen molar-refractivity contribution in [2.24, 2.45) is 0 Å². The highest BCUT2D eigenvalue weighted by atomic mass is 35.5. The van der Waals surface area contributed by atoms with Gasteiger partial charge in [0, 0.05) is 28.2 Å². The average Bonchev–Trinajstić information content (AvgIpc) is 3.19. The zero-order valence-corrected chi connectivity index (χ0v) is 15.6. The first-order chi connectivity index (χ1) is 12.7. The highest BCUT2D eigenvalue weighted by molar-refractivity contribution is 7.07. The van der Waals surface area contributed by atoms with E-state index in [-0.39, 0.29) is 5.91 Å². The number of carbonyl (C=O) groups is 1. The Morgan fingerprint density at radius 3 is 2.85 bits per heavy atom. The number of hydrogen-bond donors (Lipinski definition) is 0. The number of fused-ring (bicyclic) bond motifs is 1. The van der Waals surface area contributed by atoms with Crippen molar-refractivity contribution < 1.29 is 9.53 Å². The molecule has 26 heavy (non-hydrogen) atoms. The lowest BCUT2D eigenvalue weighted by molar-refractivity contribution is 0.0985. The number of carbonyl (C=O) groups excluding carboxylic acids is 1. The van der Waals surface area contributed by atoms with Crippen LogP contribution >= 0.6 is 22.9 Å². The maximum Gasteiger partial charge on any atom is 0.258 e. The summed E-state index contributed by atoms with van der Waals surface area (Å²) in [4.78, 5) is 19.0. The van der Waals surface area contributed by atoms with Crippen molar-refractivity contribution in [2.45, 2.75) is 19.4 Å². The highest BCUT2D eigenvalue weighted by Gasteiger charge is 2.23. The molecule has 0 aliphatic carbocycles. The predicted octanol–water partition coefficient (Wildman–Crippen LogP) is 4.97. The largest absolute Gasteiger partial charge is 0.487 e. The summed E-state index contributed by atoms with van der Waals surface area (Å²) in [7, 11) is 0. The topological polar surface area (TPSA) is 42.4 Å². The molecule has 1 amide bonds. The van der Waals surface area contributed by atoms with Gasteiger partial charge in [-0.15, -0.1) is 11.3 Å². The SMILES string of the molecule is O=C(c1ccc(OCc2cscn2)cc1)N1CCCc2cc(Cl)ccc21. The van der Waals surface area contributed by atoms with Gasteiger partial charge in [0.15, 0.2) is 0 Å². The number of hydrogen-bond acceptors (Lipinski definition) is 4. The number of benzene rings is 2. The normalized spacial score (nSPS) is 13.3. The van der Waals surface area contributed by atoms with Crippen LogP contribution in [0.2, 0.25) is 5.02 Å². The molecular weight excluding hydrogens is 368 g/mol. The fourth-order valence-electron chi connectivity index (χ4n) is 3.09. The van der Waals surface area contributed by atoms with Crippen molar-refractivity contribution in [2.75, 3.05) is 11.4 Å². The molecule has 1 aliphatic rings. The molecule has 0 fully saturated rings. The smallest absolute Gasteiger partial charge is 0.258 e. The van der Waals surface area contributed by atoms with Gasteiger partial charge in [-0.05, 0) is 60.9 Å². The van der Waals surface area contributed by atoms with Crippen molar-refractivity contribution in [3.05, 3.63) is 75.2 Å². The monoisotopic (exact) mass is 384 g/mol. The second kappa shape index (κ2) is 7.48. The maximum atomic E-state index is 12.9. The average molecular weight is 385 g/mol. The van der Waals surface area contributed by atoms with E-state index in [0.717, 1.165) is 42.1 Å². The molecule has 2 heterocycles. The van der Waals surface area contributed by atoms with Gasteiger partial charge < -0.3 is 9.64 Å². The summed E-state index contributed by atoms with van der Waals surface area (Å²) in [6, 6.07) is 13.0. The predicted molar refractivity (Wildman–Crippen MR) is 104 cm³/mol. The first-order valence-corrected chi connectivity index (χ1v) is 9.73. The molecule has 6 heteroatoms. The Balaban J connectivity index is 1.49. The van der Waals surface area contributed by atoms with Crippen molar-refractivity contribution >= 4 is 34.5 Å². The van der Waals surface area contributed by atoms with E-state index in [1.807, 2.05) is 52.7 Å². The number of rotatable bonds is 4. The number of ether oxygens (including phenoxy) is 1. The van der Waals surface area contributed by atoms with E-state index in [1.165, 1.54) is 0 Å². The van der Waals surface area contributed by atoms with E-state index in [0.29, 0.717) is 17.2 Å². The van der Waals surface area contributed by atoms with Gasteiger partial charge in [-0.3, -0.25) is 4.79 Å². The molecule has 0 bridgehead atoms. The van der Waals surface area contributed by atoms with Gasteiger partial charge in [0.1, 0.15) is 12.4 Å². The molecule has 132 valence electrons. The lowest BCUT2D eigenvalue weighted by Crippen LogP contribution is -2.35. The quantitative estimate of drug-likeness (QED) is 0.637. The molecule has 3 aromatic rings. The summed E-state index contributed by atoms with van der Waals surface area (Å²) in [5.74, 6) is 0.722. The van der Waals surface area contributed by atoms with Crippen LogP contribution in [0.25, 0.3) is 0 Å². The molecule has 1 aliphatic heterocycles. The standard InChI is InChI=1S/C20H17ClN2O2S/c21-16-5-8-19-15(10-16)2-1-9-23(19)20(24)14-3-6-18(7-4-14)25-11-17-12-26-13-22-17/h3-8,10,12-13H,1-2,9,11H2. The van der Waals surface area contributed by atoms with Crippen LogP contribution in [0.4, 0.5) is 5.69 Å². The lowest BCUT2D eigenvalue weighted by atomic mass is 10.0. The van der Waals surface area contributed by atoms with Crippen LogP contribution in [0.5, 0.6) is 5.75 Å². The molecule has 0 N–H and O–H groups in total. The van der Waals surface area contributed by atoms with Crippen LogP contribution < -0.4 is 9.64 Å². The Kier molecular flexibility index (Phi) is 4.91. The second-order valence-electron chi connectivity index (χ2n) is 6.13. The van der Waals surface area contributed by atoms with Crippen LogP contribution in [-0.2, 0) is 13.0 Å². The molecule has 0 unspecified atom stereocenters. The molecule has 4 rings (SSSR count). The fraction of sp³-hybridized carbons (Fsp3) is 0.200. The van der Waals surface area contributed by atoms with Crippen molar-refractivity contribution in [1.82, 2.24) is 4.98 Å². The molecule has 0 spiro atoms. The molecular formula is C20H17ClN2O2S. The third-order valence-corrected chi connectivity index (χ3v) is 5.25. The minimum atomic E-state index is -0.000626. The third kappa shape index (κ3) is 3.59. The Hall–Kier alpha value is -2.37. The fourth-order valence-corrected chi connectivity index (χ4v) is 3.83. The molecule has 0 radical (unpaired) electrons. The minimum Gasteiger partial charge on any atom is -0.487 e. The summed E-state index contributed by atoms with van der Waals surface area (Å²) in [6.45, 7) is 1.15. The Labute approximate surface area is 161 Å². The Bertz CT molecular complexity index is 910. The van der Waals surface area contributed by atoms with Crippen LogP contribution in [0.3, 0.4) is 0 Å². The molecule has 0 atom stereocenters. The van der Waals surface area contributed by atoms with Crippen molar-refractivity contribution in [1.29, 1.82) is 0 Å². The first-order valence-electron chi connectivity index (χ1n) is 8.41. The summed E-state index contributed by atoms with van der Waals surface area (Å²) in [6.07, 6.45) is 1.89. The van der Waals surface area contributed by atoms with E-state index in [1.54, 1.807) is 16.8 Å². The van der Waals surface area contributed by atoms with Crippen molar-refractivity contribution in [3.8, 4) is 5.75 Å². The minimum absolute atomic E-state index is 0.000626. The number of thiazole rings is 1. The maximum absolute atomic E-state index is 12.9. The highest BCUT2D eigenvalue weighted by Crippen LogP contribution is 2.31. The lowest BCUT2D eigenvalue weighted by Gasteiger charge is -2.29. The molecule has 2 aromatic carbocycles. The zero-order valence-electron chi connectivity index (χ0n) is 14.0. The number of halogens is 1. The van der Waals surface area contributed by atoms with Crippen LogP contribution in [0.1, 0.15) is 28.0 Å². The summed E-state index contributed by atoms with van der Waals surface area (Å²) >= 11 is 7.63. The number of aromatic nitrogens is 1. The number of nitrogens with zero attached hydrogens (tertiary/aromatic N) is 2. The second-order valence-corrected chi connectivity index (χ2v) is 7.28. The molecule has 1 aromatic heterocycles. The Morgan fingerprint density at radius 2 is 2.08 bits per heavy atom. The van der Waals surface area contributed by atoms with Gasteiger partial charge >= 0.3 is 0 Å². The molecule has 4 nitrogen and oxygen atoms in total. The van der Waals surface area contributed by atoms with E-state index in [9.17, 15) is 4.79 Å². The van der Waals surface area contributed by atoms with Gasteiger partial charge in [0.05, 0.1) is 11.2 Å². The van der Waals surface area contributed by atoms with Gasteiger partial charge in [0.2, 0.25) is 0 Å². The van der Waals surface area contributed by atoms with E-state index in [4.69, 9.17) is 16.3 Å². The van der Waals surface area contributed by atoms with Crippen molar-refractivity contribution in [3.63, 3.8) is 0 Å². The van der Waals surface area contributed by atoms with E-state index >= 15 is 0 Å². The third-order valence-electron chi connectivity index (χ3n) is 4.38. The van der Waals surface area contributed by atoms with Crippen LogP contribution in [0, 0.1) is 0 Å². The van der Waals surface area contributed by atoms with Crippen LogP contribution in [0.15, 0.2) is 53.4 Å². The molecule has 0 saturated carbocycles. The number of amides is 1. The van der Waals surface area contributed by atoms with E-state index in [2.05, 4.69) is 4.98 Å². The van der Waals surface area contributed by atoms with Gasteiger partial charge in [-0.1, -0.05) is 11.6 Å². The summed E-state index contributed by atoms with van der Waals surface area (Å²) in [5, 5.41) is 2.66. The van der Waals surface area contributed by atoms with Gasteiger partial charge in [-0.2, -0.15) is 0 Å². The number of aryl methyl sites for hydroxylation is 1.